The lowest BCUT2D eigenvalue weighted by Crippen LogP contribution is -2.34. The van der Waals surface area contributed by atoms with E-state index in [0.717, 1.165) is 49.8 Å². The second kappa shape index (κ2) is 6.48. The van der Waals surface area contributed by atoms with Crippen molar-refractivity contribution in [3.05, 3.63) is 23.6 Å². The van der Waals surface area contributed by atoms with Gasteiger partial charge < -0.3 is 14.8 Å². The van der Waals surface area contributed by atoms with Crippen molar-refractivity contribution in [2.45, 2.75) is 32.2 Å². The van der Waals surface area contributed by atoms with E-state index in [2.05, 4.69) is 41.9 Å². The topological polar surface area (TPSA) is 71.8 Å². The second-order valence-corrected chi connectivity index (χ2v) is 5.71. The molecule has 1 fully saturated rings. The predicted molar refractivity (Wildman–Crippen MR) is 86.5 cm³/mol. The highest BCUT2D eigenvalue weighted by Gasteiger charge is 2.26. The van der Waals surface area contributed by atoms with Crippen molar-refractivity contribution in [3.63, 3.8) is 0 Å². The van der Waals surface area contributed by atoms with Crippen LogP contribution in [0.15, 0.2) is 12.7 Å². The van der Waals surface area contributed by atoms with Crippen LogP contribution in [-0.4, -0.2) is 44.9 Å². The SMILES string of the molecule is CCn1cnnc1C1CCN(c2ncnc(Cl)c2NC)CC1. The minimum absolute atomic E-state index is 0.453. The van der Waals surface area contributed by atoms with Crippen molar-refractivity contribution in [1.29, 1.82) is 0 Å². The van der Waals surface area contributed by atoms with Crippen molar-refractivity contribution in [2.75, 3.05) is 30.4 Å². The van der Waals surface area contributed by atoms with Gasteiger partial charge in [0.15, 0.2) is 11.0 Å². The molecule has 2 aromatic rings. The van der Waals surface area contributed by atoms with Crippen LogP contribution in [0.1, 0.15) is 31.5 Å². The molecule has 0 radical (unpaired) electrons. The highest BCUT2D eigenvalue weighted by Crippen LogP contribution is 2.33. The van der Waals surface area contributed by atoms with E-state index in [0.29, 0.717) is 11.1 Å². The van der Waals surface area contributed by atoms with Gasteiger partial charge in [-0.1, -0.05) is 11.6 Å². The molecule has 0 aromatic carbocycles. The Labute approximate surface area is 134 Å². The van der Waals surface area contributed by atoms with Crippen LogP contribution in [-0.2, 0) is 6.54 Å². The number of rotatable bonds is 4. The maximum Gasteiger partial charge on any atom is 0.157 e. The van der Waals surface area contributed by atoms with Gasteiger partial charge in [-0.2, -0.15) is 0 Å². The molecule has 0 amide bonds. The Morgan fingerprint density at radius 1 is 1.32 bits per heavy atom. The third kappa shape index (κ3) is 2.72. The van der Waals surface area contributed by atoms with Gasteiger partial charge in [0.1, 0.15) is 24.2 Å². The van der Waals surface area contributed by atoms with E-state index in [1.165, 1.54) is 6.33 Å². The van der Waals surface area contributed by atoms with Gasteiger partial charge in [-0.3, -0.25) is 0 Å². The molecule has 0 unspecified atom stereocenters. The van der Waals surface area contributed by atoms with Crippen LogP contribution in [0, 0.1) is 0 Å². The van der Waals surface area contributed by atoms with E-state index in [-0.39, 0.29) is 0 Å². The fraction of sp³-hybridized carbons (Fsp3) is 0.571. The number of piperidine rings is 1. The quantitative estimate of drug-likeness (QED) is 0.870. The minimum atomic E-state index is 0.453. The summed E-state index contributed by atoms with van der Waals surface area (Å²) in [4.78, 5) is 10.7. The van der Waals surface area contributed by atoms with Gasteiger partial charge in [0, 0.05) is 32.6 Å². The summed E-state index contributed by atoms with van der Waals surface area (Å²) in [5, 5.41) is 11.9. The molecule has 0 bridgehead atoms. The Hall–Kier alpha value is -1.89. The lowest BCUT2D eigenvalue weighted by Gasteiger charge is -2.33. The third-order valence-corrected chi connectivity index (χ3v) is 4.46. The largest absolute Gasteiger partial charge is 0.383 e. The van der Waals surface area contributed by atoms with Gasteiger partial charge >= 0.3 is 0 Å². The first kappa shape index (κ1) is 15.0. The van der Waals surface area contributed by atoms with Crippen LogP contribution in [0.2, 0.25) is 5.15 Å². The molecule has 1 aliphatic rings. The van der Waals surface area contributed by atoms with Gasteiger partial charge in [-0.25, -0.2) is 9.97 Å². The number of aromatic nitrogens is 5. The average molecular weight is 322 g/mol. The Bertz CT molecular complexity index is 634. The molecule has 3 rings (SSSR count). The Balaban J connectivity index is 1.74. The summed E-state index contributed by atoms with van der Waals surface area (Å²) in [6, 6.07) is 0. The number of nitrogens with one attached hydrogen (secondary N) is 1. The molecule has 8 heteroatoms. The van der Waals surface area contributed by atoms with Gasteiger partial charge in [-0.15, -0.1) is 10.2 Å². The molecule has 22 heavy (non-hydrogen) atoms. The van der Waals surface area contributed by atoms with Gasteiger partial charge in [0.25, 0.3) is 0 Å². The third-order valence-electron chi connectivity index (χ3n) is 4.18. The van der Waals surface area contributed by atoms with Crippen molar-refractivity contribution in [1.82, 2.24) is 24.7 Å². The van der Waals surface area contributed by atoms with E-state index in [1.54, 1.807) is 0 Å². The number of aryl methyl sites for hydroxylation is 1. The van der Waals surface area contributed by atoms with Crippen LogP contribution in [0.4, 0.5) is 11.5 Å². The smallest absolute Gasteiger partial charge is 0.157 e. The normalized spacial score (nSPS) is 16.0. The van der Waals surface area contributed by atoms with Gasteiger partial charge in [-0.05, 0) is 19.8 Å². The van der Waals surface area contributed by atoms with Crippen LogP contribution >= 0.6 is 11.6 Å². The van der Waals surface area contributed by atoms with Crippen molar-refractivity contribution >= 4 is 23.1 Å². The number of anilines is 2. The number of nitrogens with zero attached hydrogens (tertiary/aromatic N) is 6. The Morgan fingerprint density at radius 3 is 2.77 bits per heavy atom. The first-order valence-corrected chi connectivity index (χ1v) is 7.93. The van der Waals surface area contributed by atoms with E-state index in [1.807, 2.05) is 13.4 Å². The maximum absolute atomic E-state index is 6.14. The molecule has 0 spiro atoms. The fourth-order valence-electron chi connectivity index (χ4n) is 2.98. The summed E-state index contributed by atoms with van der Waals surface area (Å²) in [7, 11) is 1.84. The zero-order chi connectivity index (χ0) is 15.5. The van der Waals surface area contributed by atoms with Crippen molar-refractivity contribution in [2.24, 2.45) is 0 Å². The highest BCUT2D eigenvalue weighted by atomic mass is 35.5. The maximum atomic E-state index is 6.14. The van der Waals surface area contributed by atoms with E-state index < -0.39 is 0 Å². The first-order valence-electron chi connectivity index (χ1n) is 7.55. The minimum Gasteiger partial charge on any atom is -0.383 e. The monoisotopic (exact) mass is 321 g/mol. The molecule has 1 N–H and O–H groups in total. The predicted octanol–water partition coefficient (Wildman–Crippen LogP) is 2.17. The van der Waals surface area contributed by atoms with E-state index >= 15 is 0 Å². The highest BCUT2D eigenvalue weighted by molar-refractivity contribution is 6.32. The molecule has 118 valence electrons. The van der Waals surface area contributed by atoms with Crippen LogP contribution < -0.4 is 10.2 Å². The van der Waals surface area contributed by atoms with Gasteiger partial charge in [0.05, 0.1) is 0 Å². The number of hydrogen-bond acceptors (Lipinski definition) is 6. The molecule has 0 saturated carbocycles. The average Bonchev–Trinajstić information content (AvgIpc) is 3.03. The van der Waals surface area contributed by atoms with Crippen LogP contribution in [0.3, 0.4) is 0 Å². The zero-order valence-corrected chi connectivity index (χ0v) is 13.6. The second-order valence-electron chi connectivity index (χ2n) is 5.35. The summed E-state index contributed by atoms with van der Waals surface area (Å²) in [6.07, 6.45) is 5.39. The summed E-state index contributed by atoms with van der Waals surface area (Å²) in [5.41, 5.74) is 0.791. The van der Waals surface area contributed by atoms with Crippen LogP contribution in [0.25, 0.3) is 0 Å². The van der Waals surface area contributed by atoms with E-state index in [4.69, 9.17) is 11.6 Å². The van der Waals surface area contributed by atoms with E-state index in [9.17, 15) is 0 Å². The van der Waals surface area contributed by atoms with Crippen molar-refractivity contribution in [3.8, 4) is 0 Å². The summed E-state index contributed by atoms with van der Waals surface area (Å²) in [5.74, 6) is 2.42. The summed E-state index contributed by atoms with van der Waals surface area (Å²) in [6.45, 7) is 4.87. The lowest BCUT2D eigenvalue weighted by molar-refractivity contribution is 0.465. The zero-order valence-electron chi connectivity index (χ0n) is 12.8. The van der Waals surface area contributed by atoms with Crippen LogP contribution in [0.5, 0.6) is 0 Å². The molecule has 1 saturated heterocycles. The van der Waals surface area contributed by atoms with Crippen molar-refractivity contribution < 1.29 is 0 Å². The molecule has 7 nitrogen and oxygen atoms in total. The lowest BCUT2D eigenvalue weighted by atomic mass is 9.96. The first-order chi connectivity index (χ1) is 10.7. The summed E-state index contributed by atoms with van der Waals surface area (Å²) < 4.78 is 2.13. The molecule has 0 aliphatic carbocycles. The number of halogens is 1. The fourth-order valence-corrected chi connectivity index (χ4v) is 3.21. The summed E-state index contributed by atoms with van der Waals surface area (Å²) >= 11 is 6.14. The molecular weight excluding hydrogens is 302 g/mol. The Kier molecular flexibility index (Phi) is 4.42. The van der Waals surface area contributed by atoms with Gasteiger partial charge in [0.2, 0.25) is 0 Å². The standard InChI is InChI=1S/C14H20ClN7/c1-3-21-9-19-20-13(21)10-4-6-22(7-5-10)14-11(16-2)12(15)17-8-18-14/h8-10,16H,3-7H2,1-2H3. The molecular formula is C14H20ClN7. The Morgan fingerprint density at radius 2 is 2.09 bits per heavy atom. The molecule has 2 aromatic heterocycles. The molecule has 1 aliphatic heterocycles. The molecule has 3 heterocycles. The number of hydrogen-bond donors (Lipinski definition) is 1. The molecule has 0 atom stereocenters.